The van der Waals surface area contributed by atoms with Gasteiger partial charge in [0.1, 0.15) is 6.79 Å². The molecule has 1 atom stereocenters. The molecule has 0 fully saturated rings. The van der Waals surface area contributed by atoms with E-state index in [0.717, 1.165) is 5.56 Å². The standard InChI is InChI=1S/C15H22O4/c1-12(2)9-18-15(16)13(3)19-11-17-10-14-7-5-4-6-8-14/h4-8,12-13H,9-11H2,1-3H3/t13-/m1/s1. The minimum absolute atomic E-state index is 0.0762. The summed E-state index contributed by atoms with van der Waals surface area (Å²) >= 11 is 0. The molecule has 0 unspecified atom stereocenters. The summed E-state index contributed by atoms with van der Waals surface area (Å²) in [6.45, 7) is 6.59. The first-order valence-electron chi connectivity index (χ1n) is 6.49. The summed E-state index contributed by atoms with van der Waals surface area (Å²) in [7, 11) is 0. The molecule has 0 aliphatic carbocycles. The predicted molar refractivity (Wildman–Crippen MR) is 72.4 cm³/mol. The Morgan fingerprint density at radius 2 is 1.84 bits per heavy atom. The molecule has 1 aromatic rings. The van der Waals surface area contributed by atoms with E-state index in [4.69, 9.17) is 14.2 Å². The van der Waals surface area contributed by atoms with Crippen LogP contribution in [0.2, 0.25) is 0 Å². The summed E-state index contributed by atoms with van der Waals surface area (Å²) in [5.41, 5.74) is 1.07. The van der Waals surface area contributed by atoms with Crippen LogP contribution >= 0.6 is 0 Å². The Labute approximate surface area is 114 Å². The lowest BCUT2D eigenvalue weighted by Gasteiger charge is -2.13. The van der Waals surface area contributed by atoms with Crippen LogP contribution in [0.4, 0.5) is 0 Å². The number of carbonyl (C=O) groups is 1. The lowest BCUT2D eigenvalue weighted by Crippen LogP contribution is -2.25. The van der Waals surface area contributed by atoms with Crippen molar-refractivity contribution in [2.24, 2.45) is 5.92 Å². The molecule has 0 radical (unpaired) electrons. The molecule has 0 saturated carbocycles. The van der Waals surface area contributed by atoms with Gasteiger partial charge >= 0.3 is 5.97 Å². The molecule has 0 aliphatic rings. The second kappa shape index (κ2) is 8.67. The highest BCUT2D eigenvalue weighted by Crippen LogP contribution is 2.02. The van der Waals surface area contributed by atoms with Crippen molar-refractivity contribution in [1.82, 2.24) is 0 Å². The fourth-order valence-electron chi connectivity index (χ4n) is 1.32. The first kappa shape index (κ1) is 15.7. The van der Waals surface area contributed by atoms with E-state index in [2.05, 4.69) is 0 Å². The van der Waals surface area contributed by atoms with E-state index >= 15 is 0 Å². The number of benzene rings is 1. The van der Waals surface area contributed by atoms with Crippen LogP contribution < -0.4 is 0 Å². The van der Waals surface area contributed by atoms with Crippen LogP contribution in [0.1, 0.15) is 26.3 Å². The zero-order valence-corrected chi connectivity index (χ0v) is 11.8. The molecule has 4 heteroatoms. The molecule has 0 aromatic heterocycles. The van der Waals surface area contributed by atoms with Gasteiger partial charge in [0.25, 0.3) is 0 Å². The molecule has 0 aliphatic heterocycles. The third-order valence-electron chi connectivity index (χ3n) is 2.40. The zero-order valence-electron chi connectivity index (χ0n) is 11.8. The predicted octanol–water partition coefficient (Wildman–Crippen LogP) is 2.77. The van der Waals surface area contributed by atoms with Crippen molar-refractivity contribution in [3.8, 4) is 0 Å². The van der Waals surface area contributed by atoms with E-state index in [1.165, 1.54) is 0 Å². The van der Waals surface area contributed by atoms with E-state index in [1.54, 1.807) is 6.92 Å². The monoisotopic (exact) mass is 266 g/mol. The van der Waals surface area contributed by atoms with Gasteiger partial charge in [0.15, 0.2) is 6.10 Å². The lowest BCUT2D eigenvalue weighted by molar-refractivity contribution is -0.167. The number of hydrogen-bond donors (Lipinski definition) is 0. The largest absolute Gasteiger partial charge is 0.464 e. The van der Waals surface area contributed by atoms with Crippen molar-refractivity contribution in [3.05, 3.63) is 35.9 Å². The molecule has 0 bridgehead atoms. The Kier molecular flexibility index (Phi) is 7.15. The smallest absolute Gasteiger partial charge is 0.335 e. The zero-order chi connectivity index (χ0) is 14.1. The first-order chi connectivity index (χ1) is 9.09. The van der Waals surface area contributed by atoms with Crippen LogP contribution in [-0.2, 0) is 25.6 Å². The van der Waals surface area contributed by atoms with Crippen molar-refractivity contribution < 1.29 is 19.0 Å². The summed E-state index contributed by atoms with van der Waals surface area (Å²) in [6.07, 6.45) is -0.602. The number of rotatable bonds is 8. The van der Waals surface area contributed by atoms with Crippen molar-refractivity contribution in [2.45, 2.75) is 33.5 Å². The van der Waals surface area contributed by atoms with Crippen LogP contribution in [0.15, 0.2) is 30.3 Å². The minimum atomic E-state index is -0.602. The molecular formula is C15H22O4. The molecule has 106 valence electrons. The van der Waals surface area contributed by atoms with Crippen LogP contribution in [0.3, 0.4) is 0 Å². The van der Waals surface area contributed by atoms with Crippen LogP contribution in [0, 0.1) is 5.92 Å². The number of carbonyl (C=O) groups excluding carboxylic acids is 1. The van der Waals surface area contributed by atoms with Crippen LogP contribution in [0.25, 0.3) is 0 Å². The van der Waals surface area contributed by atoms with Gasteiger partial charge in [0, 0.05) is 0 Å². The number of ether oxygens (including phenoxy) is 3. The summed E-state index contributed by atoms with van der Waals surface area (Å²) in [5.74, 6) is -0.0255. The van der Waals surface area contributed by atoms with E-state index in [-0.39, 0.29) is 12.8 Å². The van der Waals surface area contributed by atoms with E-state index in [0.29, 0.717) is 19.1 Å². The highest BCUT2D eigenvalue weighted by molar-refractivity contribution is 5.74. The average molecular weight is 266 g/mol. The Bertz CT molecular complexity index is 362. The number of esters is 1. The van der Waals surface area contributed by atoms with Gasteiger partial charge in [-0.05, 0) is 18.4 Å². The van der Waals surface area contributed by atoms with E-state index < -0.39 is 6.10 Å². The summed E-state index contributed by atoms with van der Waals surface area (Å²) in [5, 5.41) is 0. The van der Waals surface area contributed by atoms with Gasteiger partial charge in [-0.3, -0.25) is 0 Å². The summed E-state index contributed by atoms with van der Waals surface area (Å²) < 4.78 is 15.7. The van der Waals surface area contributed by atoms with E-state index in [9.17, 15) is 4.79 Å². The maximum absolute atomic E-state index is 11.5. The van der Waals surface area contributed by atoms with Crippen molar-refractivity contribution in [1.29, 1.82) is 0 Å². The summed E-state index contributed by atoms with van der Waals surface area (Å²) in [4.78, 5) is 11.5. The quantitative estimate of drug-likeness (QED) is 0.412. The van der Waals surface area contributed by atoms with Crippen LogP contribution in [0.5, 0.6) is 0 Å². The van der Waals surface area contributed by atoms with Crippen molar-refractivity contribution in [2.75, 3.05) is 13.4 Å². The molecule has 1 aromatic carbocycles. The molecule has 0 amide bonds. The second-order valence-corrected chi connectivity index (χ2v) is 4.78. The lowest BCUT2D eigenvalue weighted by atomic mass is 10.2. The fourth-order valence-corrected chi connectivity index (χ4v) is 1.32. The normalized spacial score (nSPS) is 12.4. The van der Waals surface area contributed by atoms with Crippen molar-refractivity contribution >= 4 is 5.97 Å². The Morgan fingerprint density at radius 3 is 2.47 bits per heavy atom. The summed E-state index contributed by atoms with van der Waals surface area (Å²) in [6, 6.07) is 9.80. The highest BCUT2D eigenvalue weighted by Gasteiger charge is 2.15. The molecular weight excluding hydrogens is 244 g/mol. The Balaban J connectivity index is 2.13. The Morgan fingerprint density at radius 1 is 1.16 bits per heavy atom. The topological polar surface area (TPSA) is 44.8 Å². The molecule has 0 saturated heterocycles. The van der Waals surface area contributed by atoms with Gasteiger partial charge in [0.05, 0.1) is 13.2 Å². The fraction of sp³-hybridized carbons (Fsp3) is 0.533. The number of hydrogen-bond acceptors (Lipinski definition) is 4. The molecule has 1 rings (SSSR count). The second-order valence-electron chi connectivity index (χ2n) is 4.78. The van der Waals surface area contributed by atoms with Gasteiger partial charge in [-0.25, -0.2) is 4.79 Å². The van der Waals surface area contributed by atoms with Gasteiger partial charge in [-0.1, -0.05) is 44.2 Å². The Hall–Kier alpha value is -1.39. The SMILES string of the molecule is CC(C)COC(=O)[C@@H](C)OCOCc1ccccc1. The molecule has 0 heterocycles. The molecule has 0 N–H and O–H groups in total. The molecule has 19 heavy (non-hydrogen) atoms. The molecule has 0 spiro atoms. The van der Waals surface area contributed by atoms with Crippen molar-refractivity contribution in [3.63, 3.8) is 0 Å². The van der Waals surface area contributed by atoms with E-state index in [1.807, 2.05) is 44.2 Å². The molecule has 4 nitrogen and oxygen atoms in total. The maximum Gasteiger partial charge on any atom is 0.335 e. The van der Waals surface area contributed by atoms with Gasteiger partial charge < -0.3 is 14.2 Å². The van der Waals surface area contributed by atoms with Gasteiger partial charge in [-0.2, -0.15) is 0 Å². The van der Waals surface area contributed by atoms with Gasteiger partial charge in [-0.15, -0.1) is 0 Å². The minimum Gasteiger partial charge on any atom is -0.464 e. The highest BCUT2D eigenvalue weighted by atomic mass is 16.7. The third-order valence-corrected chi connectivity index (χ3v) is 2.40. The van der Waals surface area contributed by atoms with Gasteiger partial charge in [0.2, 0.25) is 0 Å². The average Bonchev–Trinajstić information content (AvgIpc) is 2.41. The maximum atomic E-state index is 11.5. The first-order valence-corrected chi connectivity index (χ1v) is 6.49. The third kappa shape index (κ3) is 6.94. The van der Waals surface area contributed by atoms with Crippen LogP contribution in [-0.4, -0.2) is 25.5 Å².